The molecule has 19 atom stereocenters. The van der Waals surface area contributed by atoms with Gasteiger partial charge in [-0.15, -0.1) is 0 Å². The van der Waals surface area contributed by atoms with Gasteiger partial charge in [0.2, 0.25) is 82.7 Å². The number of phenols is 1. The van der Waals surface area contributed by atoms with Gasteiger partial charge in [-0.25, -0.2) is 4.79 Å². The Morgan fingerprint density at radius 2 is 1.07 bits per heavy atom. The highest BCUT2D eigenvalue weighted by atomic mass is 16.5. The summed E-state index contributed by atoms with van der Waals surface area (Å²) in [5, 5.41) is 114. The first-order valence-electron chi connectivity index (χ1n) is 38.4. The minimum Gasteiger partial charge on any atom is -0.508 e. The molecule has 0 radical (unpaired) electrons. The number of fused-ring (bicyclic) bond motifs is 2. The van der Waals surface area contributed by atoms with Crippen molar-refractivity contribution in [3.8, 4) is 5.75 Å². The summed E-state index contributed by atoms with van der Waals surface area (Å²) in [7, 11) is 0. The summed E-state index contributed by atoms with van der Waals surface area (Å²) < 4.78 is 5.98. The SMILES string of the molecule is CCCCCCCCCCCCC[C@@H]1CC(=O)N[C@@H]([C@@H](C)O)C(=O)N[C@H](C)C(=O)N[C@@H](Cc2ccc(O)cc2)C(=O)N[C@@H](C(C)C)C(=O)N2C[C@H](O)C[C@H]2C(=O)N[C@@H]([C@@H](C)O)C(=O)N[C@@H]([C@@H](C)O)C(=O)N2CC[C@H](O)[C@H]2C(=O)N[C@@H]([C@H](O)CC(N)=O)C(=O)NCC(=O)N[C@H]([C@@H](C)O)C(=O)N[C@@H](CCCNC(=O)CN)C(=O)O1. The number of primary amides is 1. The molecule has 3 aliphatic heterocycles. The summed E-state index contributed by atoms with van der Waals surface area (Å²) in [6.45, 7) is 8.05. The number of phenolic OH excluding ortho intramolecular Hbond substituents is 1. The van der Waals surface area contributed by atoms with Crippen LogP contribution in [0.3, 0.4) is 0 Å². The number of aliphatic hydroxyl groups is 7. The molecule has 4 rings (SSSR count). The van der Waals surface area contributed by atoms with Crippen molar-refractivity contribution in [3.63, 3.8) is 0 Å². The van der Waals surface area contributed by atoms with Crippen LogP contribution < -0.4 is 70.0 Å². The molecule has 39 nitrogen and oxygen atoms in total. The number of aromatic hydroxyl groups is 1. The van der Waals surface area contributed by atoms with Crippen LogP contribution in [0.25, 0.3) is 0 Å². The van der Waals surface area contributed by atoms with Crippen LogP contribution in [-0.4, -0.2) is 287 Å². The molecule has 0 bridgehead atoms. The van der Waals surface area contributed by atoms with Crippen molar-refractivity contribution in [1.82, 2.24) is 68.3 Å². The number of carbonyl (C=O) groups excluding carboxylic acids is 15. The number of hydrogen-bond acceptors (Lipinski definition) is 25. The van der Waals surface area contributed by atoms with Crippen LogP contribution in [-0.2, 0) is 83.1 Å². The quantitative estimate of drug-likeness (QED) is 0.0288. The summed E-state index contributed by atoms with van der Waals surface area (Å²) in [6, 6.07) is -14.7. The number of rotatable bonds is 27. The maximum absolute atomic E-state index is 14.8. The fourth-order valence-electron chi connectivity index (χ4n) is 13.1. The second-order valence-electron chi connectivity index (χ2n) is 29.4. The average Bonchev–Trinajstić information content (AvgIpc) is 1.64. The van der Waals surface area contributed by atoms with Gasteiger partial charge in [0.05, 0.1) is 68.7 Å². The Balaban J connectivity index is 1.83. The Morgan fingerprint density at radius 1 is 0.562 bits per heavy atom. The summed E-state index contributed by atoms with van der Waals surface area (Å²) in [5.41, 5.74) is 11.2. The lowest BCUT2D eigenvalue weighted by Gasteiger charge is -2.34. The Kier molecular flexibility index (Phi) is 40.2. The molecule has 14 amide bonds. The number of esters is 1. The van der Waals surface area contributed by atoms with Crippen molar-refractivity contribution >= 4 is 88.7 Å². The number of unbranched alkanes of at least 4 members (excludes halogenated alkanes) is 10. The van der Waals surface area contributed by atoms with E-state index in [-0.39, 0.29) is 44.4 Å². The number of hydrogen-bond donors (Lipinski definition) is 21. The minimum atomic E-state index is -2.24. The highest BCUT2D eigenvalue weighted by Crippen LogP contribution is 2.25. The minimum absolute atomic E-state index is 0.0233. The fourth-order valence-corrected chi connectivity index (χ4v) is 13.1. The predicted molar refractivity (Wildman–Crippen MR) is 398 cm³/mol. The zero-order valence-electron chi connectivity index (χ0n) is 65.0. The maximum Gasteiger partial charge on any atom is 0.328 e. The van der Waals surface area contributed by atoms with E-state index in [4.69, 9.17) is 16.2 Å². The molecular weight excluding hydrogens is 1470 g/mol. The summed E-state index contributed by atoms with van der Waals surface area (Å²) in [5.74, 6) is -18.1. The van der Waals surface area contributed by atoms with Gasteiger partial charge in [-0.3, -0.25) is 67.1 Å². The molecule has 0 spiro atoms. The van der Waals surface area contributed by atoms with Gasteiger partial charge in [0.1, 0.15) is 78.3 Å². The van der Waals surface area contributed by atoms with E-state index in [1.807, 2.05) is 0 Å². The summed E-state index contributed by atoms with van der Waals surface area (Å²) >= 11 is 0. The zero-order chi connectivity index (χ0) is 83.8. The smallest absolute Gasteiger partial charge is 0.328 e. The lowest BCUT2D eigenvalue weighted by molar-refractivity contribution is -0.155. The second kappa shape index (κ2) is 47.3. The first-order valence-corrected chi connectivity index (χ1v) is 38.4. The van der Waals surface area contributed by atoms with Gasteiger partial charge in [0.15, 0.2) is 0 Å². The van der Waals surface area contributed by atoms with Crippen LogP contribution in [0.15, 0.2) is 24.3 Å². The number of cyclic esters (lactones) is 1. The van der Waals surface area contributed by atoms with Crippen molar-refractivity contribution in [2.24, 2.45) is 17.4 Å². The molecule has 3 saturated heterocycles. The largest absolute Gasteiger partial charge is 0.508 e. The average molecular weight is 1590 g/mol. The number of carbonyl (C=O) groups is 15. The number of ether oxygens (including phenoxy) is 1. The third-order valence-corrected chi connectivity index (χ3v) is 19.4. The van der Waals surface area contributed by atoms with E-state index in [1.54, 1.807) is 0 Å². The molecule has 112 heavy (non-hydrogen) atoms. The van der Waals surface area contributed by atoms with Crippen molar-refractivity contribution in [1.29, 1.82) is 0 Å². The third kappa shape index (κ3) is 30.7. The topological polar surface area (TPSA) is 618 Å². The number of amides is 14. The van der Waals surface area contributed by atoms with Crippen LogP contribution in [0, 0.1) is 5.92 Å². The van der Waals surface area contributed by atoms with E-state index >= 15 is 0 Å². The molecule has 0 unspecified atom stereocenters. The molecule has 3 heterocycles. The van der Waals surface area contributed by atoms with E-state index in [2.05, 4.69) is 65.4 Å². The van der Waals surface area contributed by atoms with E-state index in [0.717, 1.165) is 90.4 Å². The Hall–Kier alpha value is -9.25. The van der Waals surface area contributed by atoms with Crippen LogP contribution in [0.5, 0.6) is 5.75 Å². The van der Waals surface area contributed by atoms with Crippen LogP contribution in [0.2, 0.25) is 0 Å². The maximum atomic E-state index is 14.8. The van der Waals surface area contributed by atoms with Gasteiger partial charge in [0.25, 0.3) is 0 Å². The van der Waals surface area contributed by atoms with E-state index in [0.29, 0.717) is 23.3 Å². The molecule has 1 aromatic rings. The van der Waals surface area contributed by atoms with Gasteiger partial charge in [-0.05, 0) is 90.3 Å². The standard InChI is InChI=1S/C73H119N15O24/c1-9-10-11-12-13-14-15-16-17-18-19-21-46-32-53(98)81-57(39(5)89)67(105)78-38(4)63(101)80-48(30-43-23-25-44(93)26-24-43)64(102)83-56(37(2)3)71(109)88-36-45(94)31-49(88)65(103)84-59(41(7)91)69(107)85-60(42(8)92)72(110)87-29-27-50(95)62(87)70(108)86-61(51(96)33-52(75)97)66(104)77-35-55(100)82-58(40(6)90)68(106)79-47(73(111)112-46)22-20-28-76-54(99)34-74/h23-26,37-42,45-51,56-62,89-96H,9-22,27-36,74H2,1-8H3,(H2,75,97)(H,76,99)(H,77,104)(H,78,105)(H,79,106)(H,80,101)(H,81,98)(H,82,100)(H,83,102)(H,84,103)(H,85,107)(H,86,108)/t38-,39-,40-,41-,42-,45-,46-,47+,48+,49+,50+,51-,56+,57+,58-,59+,60+,61+,62+/m1/s1. The van der Waals surface area contributed by atoms with Crippen LogP contribution in [0.1, 0.15) is 177 Å². The normalized spacial score (nSPS) is 27.5. The molecule has 3 aliphatic rings. The van der Waals surface area contributed by atoms with Crippen molar-refractivity contribution in [3.05, 3.63) is 29.8 Å². The van der Waals surface area contributed by atoms with Gasteiger partial charge in [-0.2, -0.15) is 0 Å². The highest BCUT2D eigenvalue weighted by molar-refractivity contribution is 6.00. The first kappa shape index (κ1) is 95.1. The number of nitrogens with one attached hydrogen (secondary N) is 11. The zero-order valence-corrected chi connectivity index (χ0v) is 65.0. The monoisotopic (exact) mass is 1590 g/mol. The molecule has 0 aliphatic carbocycles. The predicted octanol–water partition coefficient (Wildman–Crippen LogP) is -6.36. The Labute approximate surface area is 650 Å². The van der Waals surface area contributed by atoms with Crippen molar-refractivity contribution in [2.45, 2.75) is 293 Å². The number of nitrogens with zero attached hydrogens (tertiary/aromatic N) is 2. The fraction of sp³-hybridized carbons (Fsp3) is 0.712. The molecule has 39 heteroatoms. The molecule has 1 aromatic carbocycles. The third-order valence-electron chi connectivity index (χ3n) is 19.4. The Morgan fingerprint density at radius 3 is 1.63 bits per heavy atom. The molecule has 23 N–H and O–H groups in total. The van der Waals surface area contributed by atoms with Crippen LogP contribution >= 0.6 is 0 Å². The number of nitrogens with two attached hydrogens (primary N) is 2. The lowest BCUT2D eigenvalue weighted by atomic mass is 9.99. The lowest BCUT2D eigenvalue weighted by Crippen LogP contribution is -2.64. The van der Waals surface area contributed by atoms with E-state index < -0.39 is 255 Å². The van der Waals surface area contributed by atoms with Gasteiger partial charge in [-0.1, -0.05) is 97.1 Å². The molecular formula is C73H119N15O24. The second-order valence-corrected chi connectivity index (χ2v) is 29.4. The Bertz CT molecular complexity index is 3350. The molecule has 3 fully saturated rings. The van der Waals surface area contributed by atoms with E-state index in [1.165, 1.54) is 45.0 Å². The summed E-state index contributed by atoms with van der Waals surface area (Å²) in [6.07, 6.45) is -6.82. The molecule has 630 valence electrons. The number of benzene rings is 1. The molecule has 0 aromatic heterocycles. The van der Waals surface area contributed by atoms with Gasteiger partial charge >= 0.3 is 5.97 Å². The van der Waals surface area contributed by atoms with Crippen molar-refractivity contribution in [2.75, 3.05) is 32.7 Å². The molecule has 0 saturated carbocycles. The summed E-state index contributed by atoms with van der Waals surface area (Å²) in [4.78, 5) is 212. The highest BCUT2D eigenvalue weighted by Gasteiger charge is 2.48. The van der Waals surface area contributed by atoms with Gasteiger partial charge < -0.3 is 125 Å². The van der Waals surface area contributed by atoms with E-state index in [9.17, 15) is 113 Å². The first-order chi connectivity index (χ1) is 52.8. The number of aliphatic hydroxyl groups excluding tert-OH is 7. The van der Waals surface area contributed by atoms with Crippen LogP contribution in [0.4, 0.5) is 0 Å². The van der Waals surface area contributed by atoms with Crippen molar-refractivity contribution < 1.29 is 118 Å². The van der Waals surface area contributed by atoms with Gasteiger partial charge in [0, 0.05) is 32.5 Å².